The molecule has 0 aliphatic heterocycles. The highest BCUT2D eigenvalue weighted by atomic mass is 16.5. The van der Waals surface area contributed by atoms with E-state index in [0.29, 0.717) is 39.7 Å². The molecule has 5 aromatic rings. The van der Waals surface area contributed by atoms with Gasteiger partial charge in [-0.3, -0.25) is 4.79 Å². The summed E-state index contributed by atoms with van der Waals surface area (Å²) in [6.07, 6.45) is 5.39. The molecule has 160 valence electrons. The lowest BCUT2D eigenvalue weighted by Gasteiger charge is -2.10. The Hall–Kier alpha value is -4.08. The van der Waals surface area contributed by atoms with E-state index in [1.54, 1.807) is 18.3 Å². The van der Waals surface area contributed by atoms with Crippen molar-refractivity contribution < 1.29 is 9.32 Å². The molecule has 1 atom stereocenters. The van der Waals surface area contributed by atoms with Crippen LogP contribution in [-0.2, 0) is 5.41 Å². The number of carbonyl (C=O) groups is 1. The highest BCUT2D eigenvalue weighted by molar-refractivity contribution is 6.03. The number of hydrogen-bond donors (Lipinski definition) is 3. The molecule has 1 aliphatic rings. The molecular weight excluding hydrogens is 408 g/mol. The molecule has 10 heteroatoms. The molecule has 5 heterocycles. The van der Waals surface area contributed by atoms with E-state index >= 15 is 0 Å². The summed E-state index contributed by atoms with van der Waals surface area (Å²) in [4.78, 5) is 36.5. The summed E-state index contributed by atoms with van der Waals surface area (Å²) in [6.45, 7) is 4.04. The lowest BCUT2D eigenvalue weighted by Crippen LogP contribution is -2.27. The van der Waals surface area contributed by atoms with Crippen LogP contribution in [0.5, 0.6) is 0 Å². The molecule has 0 unspecified atom stereocenters. The first-order valence-electron chi connectivity index (χ1n) is 10.4. The van der Waals surface area contributed by atoms with Gasteiger partial charge in [-0.05, 0) is 38.0 Å². The molecule has 0 bridgehead atoms. The molecule has 1 saturated carbocycles. The average Bonchev–Trinajstić information content (AvgIpc) is 3.24. The smallest absolute Gasteiger partial charge is 0.271 e. The van der Waals surface area contributed by atoms with E-state index in [1.165, 1.54) is 6.33 Å². The number of pyridine rings is 1. The number of aromatic amines is 2. The standard InChI is InChI=1S/C22H20N8O2/c1-11(26-21(31)17-12-5-8-23-18(12)25-10-24-17)15-9-14(30-32-15)20-27-13-3-4-16(22(2)6-7-22)28-19(13)29-20/h3-5,8-11H,6-7H2,1-2H3,(H,26,31)(H,23,24,25)(H,27,28,29)/t11-/m1/s1. The summed E-state index contributed by atoms with van der Waals surface area (Å²) in [5, 5.41) is 7.68. The highest BCUT2D eigenvalue weighted by Gasteiger charge is 2.40. The number of nitrogens with one attached hydrogen (secondary N) is 3. The maximum Gasteiger partial charge on any atom is 0.271 e. The summed E-state index contributed by atoms with van der Waals surface area (Å²) in [5.74, 6) is 0.757. The number of H-pyrrole nitrogens is 2. The van der Waals surface area contributed by atoms with Gasteiger partial charge in [-0.25, -0.2) is 19.9 Å². The van der Waals surface area contributed by atoms with Crippen molar-refractivity contribution in [1.82, 2.24) is 40.4 Å². The van der Waals surface area contributed by atoms with Crippen molar-refractivity contribution in [3.63, 3.8) is 0 Å². The summed E-state index contributed by atoms with van der Waals surface area (Å²) >= 11 is 0. The van der Waals surface area contributed by atoms with Gasteiger partial charge in [-0.1, -0.05) is 12.1 Å². The van der Waals surface area contributed by atoms with E-state index in [0.717, 1.165) is 24.1 Å². The first kappa shape index (κ1) is 18.7. The zero-order valence-corrected chi connectivity index (χ0v) is 17.5. The second kappa shape index (κ2) is 6.71. The minimum Gasteiger partial charge on any atom is -0.358 e. The highest BCUT2D eigenvalue weighted by Crippen LogP contribution is 2.46. The summed E-state index contributed by atoms with van der Waals surface area (Å²) in [7, 11) is 0. The fourth-order valence-corrected chi connectivity index (χ4v) is 3.79. The van der Waals surface area contributed by atoms with Gasteiger partial charge in [0.1, 0.15) is 23.4 Å². The molecule has 6 rings (SSSR count). The van der Waals surface area contributed by atoms with Crippen LogP contribution in [-0.4, -0.2) is 41.0 Å². The van der Waals surface area contributed by atoms with Crippen LogP contribution in [0.2, 0.25) is 0 Å². The van der Waals surface area contributed by atoms with E-state index in [9.17, 15) is 4.79 Å². The van der Waals surface area contributed by atoms with Crippen LogP contribution < -0.4 is 5.32 Å². The maximum absolute atomic E-state index is 12.7. The third-order valence-corrected chi connectivity index (χ3v) is 6.08. The zero-order valence-electron chi connectivity index (χ0n) is 17.5. The Morgan fingerprint density at radius 1 is 1.22 bits per heavy atom. The average molecular weight is 428 g/mol. The monoisotopic (exact) mass is 428 g/mol. The molecular formula is C22H20N8O2. The Bertz CT molecular complexity index is 1480. The molecule has 1 amide bonds. The van der Waals surface area contributed by atoms with E-state index < -0.39 is 6.04 Å². The molecule has 1 fully saturated rings. The molecule has 0 radical (unpaired) electrons. The topological polar surface area (TPSA) is 138 Å². The number of nitrogens with zero attached hydrogens (tertiary/aromatic N) is 5. The molecule has 5 aromatic heterocycles. The van der Waals surface area contributed by atoms with Crippen molar-refractivity contribution in [2.24, 2.45) is 0 Å². The van der Waals surface area contributed by atoms with E-state index in [1.807, 2.05) is 13.0 Å². The zero-order chi connectivity index (χ0) is 21.9. The lowest BCUT2D eigenvalue weighted by atomic mass is 10.1. The molecule has 1 aliphatic carbocycles. The van der Waals surface area contributed by atoms with Crippen molar-refractivity contribution in [3.05, 3.63) is 53.9 Å². The Morgan fingerprint density at radius 2 is 2.09 bits per heavy atom. The van der Waals surface area contributed by atoms with E-state index in [4.69, 9.17) is 9.51 Å². The van der Waals surface area contributed by atoms with E-state index in [2.05, 4.69) is 48.4 Å². The summed E-state index contributed by atoms with van der Waals surface area (Å²) in [5.41, 5.74) is 4.21. The largest absolute Gasteiger partial charge is 0.358 e. The third-order valence-electron chi connectivity index (χ3n) is 6.08. The van der Waals surface area contributed by atoms with Crippen molar-refractivity contribution >= 4 is 28.1 Å². The van der Waals surface area contributed by atoms with Crippen molar-refractivity contribution in [1.29, 1.82) is 0 Å². The molecule has 10 nitrogen and oxygen atoms in total. The fraction of sp³-hybridized carbons (Fsp3) is 0.273. The minimum absolute atomic E-state index is 0.178. The minimum atomic E-state index is -0.420. The third kappa shape index (κ3) is 3.03. The number of aromatic nitrogens is 7. The predicted molar refractivity (Wildman–Crippen MR) is 116 cm³/mol. The Balaban J connectivity index is 1.23. The normalized spacial score (nSPS) is 15.8. The quantitative estimate of drug-likeness (QED) is 0.390. The van der Waals surface area contributed by atoms with Gasteiger partial charge in [0.2, 0.25) is 0 Å². The Kier molecular flexibility index (Phi) is 3.91. The van der Waals surface area contributed by atoms with Crippen LogP contribution >= 0.6 is 0 Å². The SMILES string of the molecule is C[C@@H](NC(=O)c1ncnc2[nH]ccc12)c1cc(-c2nc3nc(C4(C)CC4)ccc3[nH]2)no1. The van der Waals surface area contributed by atoms with Gasteiger partial charge in [0, 0.05) is 23.4 Å². The molecule has 32 heavy (non-hydrogen) atoms. The van der Waals surface area contributed by atoms with Gasteiger partial charge in [-0.2, -0.15) is 0 Å². The first-order valence-corrected chi connectivity index (χ1v) is 10.4. The van der Waals surface area contributed by atoms with Gasteiger partial charge >= 0.3 is 0 Å². The number of amides is 1. The summed E-state index contributed by atoms with van der Waals surface area (Å²) in [6, 6.07) is 7.17. The first-order chi connectivity index (χ1) is 15.5. The van der Waals surface area contributed by atoms with Gasteiger partial charge in [-0.15, -0.1) is 0 Å². The fourth-order valence-electron chi connectivity index (χ4n) is 3.79. The number of imidazole rings is 1. The second-order valence-corrected chi connectivity index (χ2v) is 8.49. The lowest BCUT2D eigenvalue weighted by molar-refractivity contribution is 0.0930. The van der Waals surface area contributed by atoms with Crippen molar-refractivity contribution in [2.45, 2.75) is 38.1 Å². The van der Waals surface area contributed by atoms with Gasteiger partial charge in [0.15, 0.2) is 17.2 Å². The molecule has 3 N–H and O–H groups in total. The molecule has 0 saturated heterocycles. The molecule has 0 aromatic carbocycles. The maximum atomic E-state index is 12.7. The van der Waals surface area contributed by atoms with Crippen molar-refractivity contribution in [3.8, 4) is 11.5 Å². The van der Waals surface area contributed by atoms with Crippen LogP contribution in [0.1, 0.15) is 54.7 Å². The molecule has 0 spiro atoms. The van der Waals surface area contributed by atoms with Crippen LogP contribution in [0.3, 0.4) is 0 Å². The number of rotatable bonds is 5. The number of hydrogen-bond acceptors (Lipinski definition) is 7. The van der Waals surface area contributed by atoms with Gasteiger partial charge < -0.3 is 19.8 Å². The number of carbonyl (C=O) groups excluding carboxylic acids is 1. The number of fused-ring (bicyclic) bond motifs is 2. The van der Waals surface area contributed by atoms with Gasteiger partial charge in [0.25, 0.3) is 5.91 Å². The Morgan fingerprint density at radius 3 is 2.94 bits per heavy atom. The van der Waals surface area contributed by atoms with Crippen LogP contribution in [0.25, 0.3) is 33.7 Å². The Labute approximate surface area is 181 Å². The van der Waals surface area contributed by atoms with Gasteiger partial charge in [0.05, 0.1) is 16.9 Å². The predicted octanol–water partition coefficient (Wildman–Crippen LogP) is 3.43. The van der Waals surface area contributed by atoms with E-state index in [-0.39, 0.29) is 11.3 Å². The van der Waals surface area contributed by atoms with Crippen LogP contribution in [0.4, 0.5) is 0 Å². The second-order valence-electron chi connectivity index (χ2n) is 8.49. The summed E-state index contributed by atoms with van der Waals surface area (Å²) < 4.78 is 5.49. The van der Waals surface area contributed by atoms with Crippen LogP contribution in [0.15, 0.2) is 41.3 Å². The van der Waals surface area contributed by atoms with Crippen molar-refractivity contribution in [2.75, 3.05) is 0 Å². The van der Waals surface area contributed by atoms with Crippen LogP contribution in [0, 0.1) is 0 Å².